The van der Waals surface area contributed by atoms with E-state index in [2.05, 4.69) is 15.8 Å². The van der Waals surface area contributed by atoms with E-state index in [1.165, 1.54) is 0 Å². The molecule has 0 aromatic rings. The minimum absolute atomic E-state index is 0.139. The first-order chi connectivity index (χ1) is 1.73. The van der Waals surface area contributed by atoms with Crippen molar-refractivity contribution in [2.45, 2.75) is 0 Å². The molecule has 0 amide bonds. The van der Waals surface area contributed by atoms with Crippen LogP contribution in [-0.4, -0.2) is 6.26 Å². The summed E-state index contributed by atoms with van der Waals surface area (Å²) in [5, 5.41) is 0. The standard InChI is InChI=1S/CH4P2S/c1-4(2)3/h2H,1H3. The van der Waals surface area contributed by atoms with E-state index in [0.717, 1.165) is 0 Å². The summed E-state index contributed by atoms with van der Waals surface area (Å²) in [7, 11) is 7.25. The predicted octanol–water partition coefficient (Wildman–Crippen LogP) is 1.62. The van der Waals surface area contributed by atoms with Gasteiger partial charge in [-0.05, 0) is 0 Å². The van der Waals surface area contributed by atoms with Crippen LogP contribution in [0.4, 0.5) is 0 Å². The summed E-state index contributed by atoms with van der Waals surface area (Å²) in [5.41, 5.74) is 0. The first-order valence-electron chi connectivity index (χ1n) is 0.795. The Labute approximate surface area is 31.8 Å². The molecular weight excluding hydrogens is 106 g/mol. The summed E-state index contributed by atoms with van der Waals surface area (Å²) in [6, 6.07) is 0. The van der Waals surface area contributed by atoms with Gasteiger partial charge in [0.1, 0.15) is 0 Å². The molecule has 3 heteroatoms. The molecule has 0 unspecified atom stereocenters. The Morgan fingerprint density at radius 3 is 2.00 bits per heavy atom. The Morgan fingerprint density at radius 1 is 2.00 bits per heavy atom. The SMILES string of the molecule is CS(#P)=P. The van der Waals surface area contributed by atoms with Crippen molar-refractivity contribution in [2.75, 3.05) is 6.26 Å². The van der Waals surface area contributed by atoms with Gasteiger partial charge in [0, 0.05) is 0 Å². The van der Waals surface area contributed by atoms with Crippen molar-refractivity contribution in [2.24, 2.45) is 0 Å². The van der Waals surface area contributed by atoms with Crippen LogP contribution in [0.2, 0.25) is 0 Å². The fourth-order valence-electron chi connectivity index (χ4n) is 0. The van der Waals surface area contributed by atoms with Crippen molar-refractivity contribution in [3.63, 3.8) is 0 Å². The van der Waals surface area contributed by atoms with Gasteiger partial charge in [-0.1, -0.05) is 0 Å². The van der Waals surface area contributed by atoms with Gasteiger partial charge in [-0.15, -0.1) is 0 Å². The molecule has 0 N–H and O–H groups in total. The number of hydrogen-bond acceptors (Lipinski definition) is 0. The zero-order chi connectivity index (χ0) is 3.58. The molecule has 0 fully saturated rings. The van der Waals surface area contributed by atoms with E-state index in [4.69, 9.17) is 0 Å². The topological polar surface area (TPSA) is 0 Å². The Kier molecular flexibility index (Phi) is 2.73. The van der Waals surface area contributed by atoms with Gasteiger partial charge in [0.2, 0.25) is 0 Å². The van der Waals surface area contributed by atoms with Crippen LogP contribution in [0.1, 0.15) is 0 Å². The second-order valence-electron chi connectivity index (χ2n) is 0.478. The molecule has 0 radical (unpaired) electrons. The molecule has 0 aliphatic carbocycles. The van der Waals surface area contributed by atoms with Gasteiger partial charge in [-0.3, -0.25) is 0 Å². The van der Waals surface area contributed by atoms with Crippen LogP contribution in [0.15, 0.2) is 0 Å². The van der Waals surface area contributed by atoms with E-state index in [1.54, 1.807) is 0 Å². The minimum atomic E-state index is 0.139. The number of hydrogen-bond donors (Lipinski definition) is 0. The molecule has 0 rings (SSSR count). The van der Waals surface area contributed by atoms with E-state index in [0.29, 0.717) is 0 Å². The van der Waals surface area contributed by atoms with Crippen molar-refractivity contribution in [1.29, 1.82) is 0 Å². The van der Waals surface area contributed by atoms with Crippen molar-refractivity contribution in [3.8, 4) is 0 Å². The second-order valence-corrected chi connectivity index (χ2v) is 5.95. The monoisotopic (exact) mass is 110 g/mol. The van der Waals surface area contributed by atoms with Crippen LogP contribution in [0.3, 0.4) is 0 Å². The zero-order valence-electron chi connectivity index (χ0n) is 2.36. The maximum atomic E-state index is 3.91. The molecule has 0 heterocycles. The third kappa shape index (κ3) is 12.4. The van der Waals surface area contributed by atoms with Gasteiger partial charge >= 0.3 is 31.1 Å². The second kappa shape index (κ2) is 2.20. The summed E-state index contributed by atoms with van der Waals surface area (Å²) in [6.45, 7) is 0. The summed E-state index contributed by atoms with van der Waals surface area (Å²) < 4.78 is 0. The molecular formula is CH4P2S. The molecule has 0 aromatic carbocycles. The Morgan fingerprint density at radius 2 is 2.00 bits per heavy atom. The maximum absolute atomic E-state index is 3.91. The molecule has 0 atom stereocenters. The Hall–Kier alpha value is 0.950. The normalized spacial score (nSPS) is 6.00. The fourth-order valence-corrected chi connectivity index (χ4v) is 0. The van der Waals surface area contributed by atoms with E-state index in [9.17, 15) is 0 Å². The van der Waals surface area contributed by atoms with Crippen LogP contribution in [0.25, 0.3) is 0 Å². The van der Waals surface area contributed by atoms with Crippen LogP contribution >= 0.6 is 15.8 Å². The van der Waals surface area contributed by atoms with Crippen molar-refractivity contribution >= 4 is 24.9 Å². The van der Waals surface area contributed by atoms with Gasteiger partial charge in [-0.2, -0.15) is 0 Å². The zero-order valence-corrected chi connectivity index (χ0v) is 5.07. The van der Waals surface area contributed by atoms with E-state index < -0.39 is 0 Å². The van der Waals surface area contributed by atoms with Gasteiger partial charge < -0.3 is 0 Å². The van der Waals surface area contributed by atoms with Gasteiger partial charge in [0.05, 0.1) is 0 Å². The fraction of sp³-hybridized carbons (Fsp3) is 1.00. The van der Waals surface area contributed by atoms with E-state index in [-0.39, 0.29) is 9.05 Å². The average Bonchev–Trinajstić information content (AvgIpc) is 0.811. The first-order valence-corrected chi connectivity index (χ1v) is 4.71. The molecule has 0 aliphatic heterocycles. The molecule has 0 saturated heterocycles. The van der Waals surface area contributed by atoms with Crippen LogP contribution in [-0.2, 0) is 9.05 Å². The number of rotatable bonds is 0. The van der Waals surface area contributed by atoms with Crippen molar-refractivity contribution in [1.82, 2.24) is 0 Å². The van der Waals surface area contributed by atoms with Gasteiger partial charge in [0.15, 0.2) is 0 Å². The predicted molar refractivity (Wildman–Crippen MR) is 28.5 cm³/mol. The molecule has 4 heavy (non-hydrogen) atoms. The first kappa shape index (κ1) is 4.95. The Balaban J connectivity index is 3.85. The van der Waals surface area contributed by atoms with Crippen LogP contribution < -0.4 is 0 Å². The third-order valence-electron chi connectivity index (χ3n) is 0. The van der Waals surface area contributed by atoms with Crippen LogP contribution in [0, 0.1) is 0 Å². The molecule has 24 valence electrons. The molecule has 0 nitrogen and oxygen atoms in total. The van der Waals surface area contributed by atoms with Crippen molar-refractivity contribution < 1.29 is 0 Å². The molecule has 0 aromatic heterocycles. The van der Waals surface area contributed by atoms with E-state index in [1.807, 2.05) is 6.26 Å². The summed E-state index contributed by atoms with van der Waals surface area (Å²) in [4.78, 5) is 0. The molecule has 0 bridgehead atoms. The molecule has 0 spiro atoms. The van der Waals surface area contributed by atoms with E-state index >= 15 is 0 Å². The van der Waals surface area contributed by atoms with Crippen LogP contribution in [0.5, 0.6) is 0 Å². The Bertz CT molecular complexity index is 96.2. The molecule has 0 saturated carbocycles. The quantitative estimate of drug-likeness (QED) is 0.415. The summed E-state index contributed by atoms with van der Waals surface area (Å²) in [5.74, 6) is 0. The third-order valence-corrected chi connectivity index (χ3v) is 0. The van der Waals surface area contributed by atoms with Gasteiger partial charge in [-0.25, -0.2) is 0 Å². The summed E-state index contributed by atoms with van der Waals surface area (Å²) in [6.07, 6.45) is 1.97. The van der Waals surface area contributed by atoms with Crippen molar-refractivity contribution in [3.05, 3.63) is 0 Å². The van der Waals surface area contributed by atoms with Gasteiger partial charge in [0.25, 0.3) is 0 Å². The molecule has 0 aliphatic rings. The average molecular weight is 110 g/mol. The summed E-state index contributed by atoms with van der Waals surface area (Å²) >= 11 is 0.